The van der Waals surface area contributed by atoms with Crippen molar-refractivity contribution >= 4 is 11.6 Å². The molecular formula is C3ClF2N3. The van der Waals surface area contributed by atoms with Gasteiger partial charge < -0.3 is 0 Å². The SMILES string of the molecule is Fc1nnnc(F)c1Cl. The minimum absolute atomic E-state index is 0.731. The molecule has 1 aromatic rings. The molecule has 0 unspecified atom stereocenters. The molecule has 0 aromatic carbocycles. The summed E-state index contributed by atoms with van der Waals surface area (Å²) in [5, 5.41) is 7.46. The minimum Gasteiger partial charge on any atom is -0.181 e. The largest absolute Gasteiger partial charge is 0.258 e. The molecule has 0 atom stereocenters. The first kappa shape index (κ1) is 6.28. The molecule has 0 amide bonds. The Labute approximate surface area is 53.7 Å². The lowest BCUT2D eigenvalue weighted by atomic mass is 10.7. The molecule has 0 spiro atoms. The molecule has 0 N–H and O–H groups in total. The topological polar surface area (TPSA) is 38.7 Å². The summed E-state index contributed by atoms with van der Waals surface area (Å²) in [7, 11) is 0. The maximum atomic E-state index is 12.0. The van der Waals surface area contributed by atoms with Gasteiger partial charge in [-0.05, 0) is 5.21 Å². The molecule has 3 nitrogen and oxygen atoms in total. The predicted molar refractivity (Wildman–Crippen MR) is 24.8 cm³/mol. The Morgan fingerprint density at radius 1 is 1.11 bits per heavy atom. The number of aromatic nitrogens is 3. The van der Waals surface area contributed by atoms with Crippen LogP contribution in [0.5, 0.6) is 0 Å². The molecule has 0 saturated heterocycles. The Balaban J connectivity index is 3.25. The summed E-state index contributed by atoms with van der Waals surface area (Å²) in [4.78, 5) is 0. The lowest BCUT2D eigenvalue weighted by Gasteiger charge is -1.87. The van der Waals surface area contributed by atoms with E-state index in [0.29, 0.717) is 0 Å². The van der Waals surface area contributed by atoms with Gasteiger partial charge in [0.2, 0.25) is 0 Å². The van der Waals surface area contributed by atoms with Gasteiger partial charge in [-0.25, -0.2) is 0 Å². The first-order valence-electron chi connectivity index (χ1n) is 1.91. The average molecular weight is 152 g/mol. The van der Waals surface area contributed by atoms with Crippen molar-refractivity contribution in [1.29, 1.82) is 0 Å². The molecule has 6 heteroatoms. The highest BCUT2D eigenvalue weighted by atomic mass is 35.5. The van der Waals surface area contributed by atoms with Crippen molar-refractivity contribution in [3.8, 4) is 0 Å². The highest BCUT2D eigenvalue weighted by molar-refractivity contribution is 6.30. The molecule has 48 valence electrons. The summed E-state index contributed by atoms with van der Waals surface area (Å²) < 4.78 is 24.0. The third kappa shape index (κ3) is 1.10. The lowest BCUT2D eigenvalue weighted by molar-refractivity contribution is 0.486. The summed E-state index contributed by atoms with van der Waals surface area (Å²) in [6.07, 6.45) is 0. The maximum absolute atomic E-state index is 12.0. The van der Waals surface area contributed by atoms with Crippen LogP contribution in [-0.2, 0) is 0 Å². The van der Waals surface area contributed by atoms with Crippen LogP contribution in [0.4, 0.5) is 8.78 Å². The first-order valence-corrected chi connectivity index (χ1v) is 2.29. The highest BCUT2D eigenvalue weighted by Gasteiger charge is 2.07. The number of hydrogen-bond donors (Lipinski definition) is 0. The lowest BCUT2D eigenvalue weighted by Crippen LogP contribution is -1.96. The summed E-state index contributed by atoms with van der Waals surface area (Å²) >= 11 is 4.96. The molecular weight excluding hydrogens is 152 g/mol. The zero-order valence-electron chi connectivity index (χ0n) is 3.98. The molecule has 0 aliphatic carbocycles. The van der Waals surface area contributed by atoms with Crippen LogP contribution in [0.15, 0.2) is 0 Å². The van der Waals surface area contributed by atoms with Crippen LogP contribution in [0.2, 0.25) is 5.02 Å². The Kier molecular flexibility index (Phi) is 1.52. The van der Waals surface area contributed by atoms with Crippen LogP contribution in [-0.4, -0.2) is 15.4 Å². The van der Waals surface area contributed by atoms with E-state index in [0.717, 1.165) is 0 Å². The van der Waals surface area contributed by atoms with E-state index < -0.39 is 16.9 Å². The van der Waals surface area contributed by atoms with E-state index in [2.05, 4.69) is 15.4 Å². The van der Waals surface area contributed by atoms with E-state index in [1.165, 1.54) is 0 Å². The standard InChI is InChI=1S/C3ClF2N3/c4-1-2(5)7-9-8-3(1)6. The van der Waals surface area contributed by atoms with Crippen LogP contribution in [0.25, 0.3) is 0 Å². The van der Waals surface area contributed by atoms with Crippen molar-refractivity contribution in [1.82, 2.24) is 15.4 Å². The van der Waals surface area contributed by atoms with Crippen LogP contribution < -0.4 is 0 Å². The first-order chi connectivity index (χ1) is 4.22. The molecule has 0 saturated carbocycles. The Hall–Kier alpha value is -0.840. The monoisotopic (exact) mass is 151 g/mol. The minimum atomic E-state index is -1.15. The van der Waals surface area contributed by atoms with Gasteiger partial charge >= 0.3 is 0 Å². The van der Waals surface area contributed by atoms with Gasteiger partial charge in [0.15, 0.2) is 5.02 Å². The molecule has 1 heterocycles. The predicted octanol–water partition coefficient (Wildman–Crippen LogP) is 0.803. The zero-order chi connectivity index (χ0) is 6.85. The molecule has 9 heavy (non-hydrogen) atoms. The Morgan fingerprint density at radius 3 is 1.89 bits per heavy atom. The van der Waals surface area contributed by atoms with E-state index in [1.807, 2.05) is 0 Å². The molecule has 1 rings (SSSR count). The van der Waals surface area contributed by atoms with Crippen molar-refractivity contribution in [3.05, 3.63) is 16.9 Å². The molecule has 0 radical (unpaired) electrons. The number of rotatable bonds is 0. The average Bonchev–Trinajstić information content (AvgIpc) is 1.83. The van der Waals surface area contributed by atoms with Crippen molar-refractivity contribution < 1.29 is 8.78 Å². The third-order valence-corrected chi connectivity index (χ3v) is 0.939. The fourth-order valence-electron chi connectivity index (χ4n) is 0.274. The van der Waals surface area contributed by atoms with Crippen molar-refractivity contribution in [2.45, 2.75) is 0 Å². The third-order valence-electron chi connectivity index (χ3n) is 0.627. The summed E-state index contributed by atoms with van der Waals surface area (Å²) in [5.74, 6) is -2.30. The Bertz CT molecular complexity index is 208. The second kappa shape index (κ2) is 2.18. The fourth-order valence-corrected chi connectivity index (χ4v) is 0.349. The second-order valence-electron chi connectivity index (χ2n) is 1.19. The van der Waals surface area contributed by atoms with Gasteiger partial charge in [-0.15, -0.1) is 0 Å². The van der Waals surface area contributed by atoms with Gasteiger partial charge in [0, 0.05) is 0 Å². The molecule has 0 bridgehead atoms. The zero-order valence-corrected chi connectivity index (χ0v) is 4.73. The van der Waals surface area contributed by atoms with Gasteiger partial charge in [-0.2, -0.15) is 8.78 Å². The molecule has 0 fully saturated rings. The van der Waals surface area contributed by atoms with E-state index in [-0.39, 0.29) is 0 Å². The number of nitrogens with zero attached hydrogens (tertiary/aromatic N) is 3. The normalized spacial score (nSPS) is 9.67. The number of hydrogen-bond acceptors (Lipinski definition) is 3. The highest BCUT2D eigenvalue weighted by Crippen LogP contribution is 2.11. The van der Waals surface area contributed by atoms with E-state index in [9.17, 15) is 8.78 Å². The quantitative estimate of drug-likeness (QED) is 0.551. The second-order valence-corrected chi connectivity index (χ2v) is 1.56. The van der Waals surface area contributed by atoms with Crippen molar-refractivity contribution in [2.24, 2.45) is 0 Å². The van der Waals surface area contributed by atoms with Gasteiger partial charge in [-0.3, -0.25) is 0 Å². The van der Waals surface area contributed by atoms with E-state index in [4.69, 9.17) is 11.6 Å². The molecule has 0 aliphatic heterocycles. The van der Waals surface area contributed by atoms with Gasteiger partial charge in [0.1, 0.15) is 0 Å². The van der Waals surface area contributed by atoms with Crippen molar-refractivity contribution in [2.75, 3.05) is 0 Å². The van der Waals surface area contributed by atoms with Gasteiger partial charge in [-0.1, -0.05) is 21.8 Å². The Morgan fingerprint density at radius 2 is 1.56 bits per heavy atom. The van der Waals surface area contributed by atoms with Crippen LogP contribution in [0.1, 0.15) is 0 Å². The van der Waals surface area contributed by atoms with Crippen LogP contribution >= 0.6 is 11.6 Å². The smallest absolute Gasteiger partial charge is 0.181 e. The maximum Gasteiger partial charge on any atom is 0.258 e. The molecule has 1 aromatic heterocycles. The number of halogens is 3. The summed E-state index contributed by atoms with van der Waals surface area (Å²) in [6, 6.07) is 0. The summed E-state index contributed by atoms with van der Waals surface area (Å²) in [6.45, 7) is 0. The van der Waals surface area contributed by atoms with Gasteiger partial charge in [0.25, 0.3) is 11.9 Å². The van der Waals surface area contributed by atoms with E-state index >= 15 is 0 Å². The molecule has 0 aliphatic rings. The van der Waals surface area contributed by atoms with E-state index in [1.54, 1.807) is 0 Å². The van der Waals surface area contributed by atoms with Gasteiger partial charge in [0.05, 0.1) is 0 Å². The van der Waals surface area contributed by atoms with Crippen molar-refractivity contribution in [3.63, 3.8) is 0 Å². The van der Waals surface area contributed by atoms with Crippen LogP contribution in [0, 0.1) is 11.9 Å². The fraction of sp³-hybridized carbons (Fsp3) is 0. The van der Waals surface area contributed by atoms with Crippen LogP contribution in [0.3, 0.4) is 0 Å². The summed E-state index contributed by atoms with van der Waals surface area (Å²) in [5.41, 5.74) is 0.